The SMILES string of the molecule is CCn1nc(C(=O)N2CCCC2)c2c1CCC(NCc1ccc(C)o1)C2. The summed E-state index contributed by atoms with van der Waals surface area (Å²) in [5.41, 5.74) is 3.09. The van der Waals surface area contributed by atoms with Gasteiger partial charge in [0.2, 0.25) is 0 Å². The highest BCUT2D eigenvalue weighted by Crippen LogP contribution is 2.27. The van der Waals surface area contributed by atoms with Gasteiger partial charge in [0.1, 0.15) is 11.5 Å². The van der Waals surface area contributed by atoms with E-state index >= 15 is 0 Å². The van der Waals surface area contributed by atoms with Crippen LogP contribution in [-0.4, -0.2) is 39.7 Å². The van der Waals surface area contributed by atoms with Crippen molar-refractivity contribution in [2.75, 3.05) is 13.1 Å². The fraction of sp³-hybridized carbons (Fsp3) is 0.600. The first-order valence-corrected chi connectivity index (χ1v) is 9.82. The molecule has 0 bridgehead atoms. The van der Waals surface area contributed by atoms with Crippen molar-refractivity contribution in [3.8, 4) is 0 Å². The molecule has 6 heteroatoms. The number of nitrogens with zero attached hydrogens (tertiary/aromatic N) is 3. The van der Waals surface area contributed by atoms with Gasteiger partial charge in [-0.1, -0.05) is 0 Å². The van der Waals surface area contributed by atoms with Gasteiger partial charge in [-0.15, -0.1) is 0 Å². The number of rotatable bonds is 5. The molecule has 26 heavy (non-hydrogen) atoms. The number of aromatic nitrogens is 2. The molecule has 0 aromatic carbocycles. The van der Waals surface area contributed by atoms with Gasteiger partial charge in [0.05, 0.1) is 6.54 Å². The van der Waals surface area contributed by atoms with Crippen LogP contribution >= 0.6 is 0 Å². The van der Waals surface area contributed by atoms with E-state index in [1.54, 1.807) is 0 Å². The van der Waals surface area contributed by atoms with Crippen molar-refractivity contribution in [2.24, 2.45) is 0 Å². The zero-order valence-corrected chi connectivity index (χ0v) is 15.8. The second-order valence-corrected chi connectivity index (χ2v) is 7.42. The van der Waals surface area contributed by atoms with Gasteiger partial charge in [0.25, 0.3) is 5.91 Å². The van der Waals surface area contributed by atoms with Gasteiger partial charge in [-0.05, 0) is 58.1 Å². The van der Waals surface area contributed by atoms with E-state index in [9.17, 15) is 4.79 Å². The minimum atomic E-state index is 0.119. The van der Waals surface area contributed by atoms with Gasteiger partial charge in [0, 0.05) is 36.9 Å². The molecule has 140 valence electrons. The summed E-state index contributed by atoms with van der Waals surface area (Å²) in [5, 5.41) is 8.29. The normalized spacial score (nSPS) is 19.8. The molecule has 1 unspecified atom stereocenters. The molecule has 2 aromatic heterocycles. The van der Waals surface area contributed by atoms with E-state index < -0.39 is 0 Å². The molecule has 3 heterocycles. The molecule has 0 saturated carbocycles. The summed E-state index contributed by atoms with van der Waals surface area (Å²) in [5.74, 6) is 2.02. The van der Waals surface area contributed by atoms with Gasteiger partial charge in [0.15, 0.2) is 5.69 Å². The van der Waals surface area contributed by atoms with Gasteiger partial charge in [-0.2, -0.15) is 5.10 Å². The highest BCUT2D eigenvalue weighted by atomic mass is 16.3. The van der Waals surface area contributed by atoms with E-state index in [-0.39, 0.29) is 5.91 Å². The van der Waals surface area contributed by atoms with E-state index in [0.717, 1.165) is 75.4 Å². The number of hydrogen-bond donors (Lipinski definition) is 1. The molecule has 1 fully saturated rings. The molecule has 1 N–H and O–H groups in total. The van der Waals surface area contributed by atoms with E-state index in [0.29, 0.717) is 11.7 Å². The van der Waals surface area contributed by atoms with Crippen LogP contribution in [0.1, 0.15) is 59.5 Å². The summed E-state index contributed by atoms with van der Waals surface area (Å²) < 4.78 is 7.69. The first-order valence-electron chi connectivity index (χ1n) is 9.82. The van der Waals surface area contributed by atoms with Gasteiger partial charge >= 0.3 is 0 Å². The lowest BCUT2D eigenvalue weighted by Crippen LogP contribution is -2.35. The third-order valence-electron chi connectivity index (χ3n) is 5.60. The predicted molar refractivity (Wildman–Crippen MR) is 99.1 cm³/mol. The van der Waals surface area contributed by atoms with E-state index in [2.05, 4.69) is 12.2 Å². The predicted octanol–water partition coefficient (Wildman–Crippen LogP) is 2.69. The Morgan fingerprint density at radius 2 is 2.15 bits per heavy atom. The van der Waals surface area contributed by atoms with Gasteiger partial charge in [-0.25, -0.2) is 0 Å². The molecular formula is C20H28N4O2. The second-order valence-electron chi connectivity index (χ2n) is 7.42. The van der Waals surface area contributed by atoms with Crippen LogP contribution in [0.3, 0.4) is 0 Å². The summed E-state index contributed by atoms with van der Waals surface area (Å²) in [6.07, 6.45) is 5.11. The van der Waals surface area contributed by atoms with Crippen LogP contribution < -0.4 is 5.32 Å². The summed E-state index contributed by atoms with van der Waals surface area (Å²) in [7, 11) is 0. The number of furan rings is 1. The molecule has 1 saturated heterocycles. The summed E-state index contributed by atoms with van der Waals surface area (Å²) in [6, 6.07) is 4.37. The van der Waals surface area contributed by atoms with Crippen LogP contribution in [0.4, 0.5) is 0 Å². The Labute approximate surface area is 154 Å². The van der Waals surface area contributed by atoms with Crippen molar-refractivity contribution in [1.29, 1.82) is 0 Å². The fourth-order valence-corrected chi connectivity index (χ4v) is 4.19. The molecule has 2 aliphatic rings. The maximum absolute atomic E-state index is 13.0. The Bertz CT molecular complexity index is 786. The molecule has 4 rings (SSSR count). The monoisotopic (exact) mass is 356 g/mol. The number of amides is 1. The molecule has 1 atom stereocenters. The van der Waals surface area contributed by atoms with Gasteiger partial charge < -0.3 is 14.6 Å². The number of carbonyl (C=O) groups is 1. The van der Waals surface area contributed by atoms with Crippen LogP contribution in [0.2, 0.25) is 0 Å². The maximum Gasteiger partial charge on any atom is 0.274 e. The third kappa shape index (κ3) is 3.30. The number of fused-ring (bicyclic) bond motifs is 1. The second kappa shape index (κ2) is 7.27. The van der Waals surface area contributed by atoms with Crippen LogP contribution in [-0.2, 0) is 25.9 Å². The molecule has 0 spiro atoms. The van der Waals surface area contributed by atoms with Crippen LogP contribution in [0.15, 0.2) is 16.5 Å². The van der Waals surface area contributed by atoms with E-state index in [1.807, 2.05) is 28.6 Å². The van der Waals surface area contributed by atoms with Crippen molar-refractivity contribution in [2.45, 2.75) is 65.1 Å². The van der Waals surface area contributed by atoms with Crippen LogP contribution in [0.25, 0.3) is 0 Å². The lowest BCUT2D eigenvalue weighted by Gasteiger charge is -2.24. The molecular weight excluding hydrogens is 328 g/mol. The number of carbonyl (C=O) groups excluding carboxylic acids is 1. The third-order valence-corrected chi connectivity index (χ3v) is 5.60. The molecule has 1 aliphatic carbocycles. The molecule has 1 amide bonds. The minimum absolute atomic E-state index is 0.119. The van der Waals surface area contributed by atoms with Crippen molar-refractivity contribution >= 4 is 5.91 Å². The zero-order chi connectivity index (χ0) is 18.1. The Hall–Kier alpha value is -2.08. The Kier molecular flexibility index (Phi) is 4.85. The molecule has 6 nitrogen and oxygen atoms in total. The van der Waals surface area contributed by atoms with Crippen molar-refractivity contribution in [3.63, 3.8) is 0 Å². The number of nitrogens with one attached hydrogen (secondary N) is 1. The lowest BCUT2D eigenvalue weighted by atomic mass is 9.91. The highest BCUT2D eigenvalue weighted by molar-refractivity contribution is 5.94. The first kappa shape index (κ1) is 17.3. The maximum atomic E-state index is 13.0. The quantitative estimate of drug-likeness (QED) is 0.895. The molecule has 0 radical (unpaired) electrons. The average molecular weight is 356 g/mol. The van der Waals surface area contributed by atoms with E-state index in [4.69, 9.17) is 9.52 Å². The largest absolute Gasteiger partial charge is 0.465 e. The summed E-state index contributed by atoms with van der Waals surface area (Å²) in [4.78, 5) is 14.9. The van der Waals surface area contributed by atoms with Crippen molar-refractivity contribution in [3.05, 3.63) is 40.6 Å². The Morgan fingerprint density at radius 3 is 2.85 bits per heavy atom. The first-order chi connectivity index (χ1) is 12.7. The number of aryl methyl sites for hydroxylation is 2. The zero-order valence-electron chi connectivity index (χ0n) is 15.8. The Balaban J connectivity index is 1.50. The van der Waals surface area contributed by atoms with E-state index in [1.165, 1.54) is 5.69 Å². The fourth-order valence-electron chi connectivity index (χ4n) is 4.19. The number of hydrogen-bond acceptors (Lipinski definition) is 4. The van der Waals surface area contributed by atoms with Crippen LogP contribution in [0.5, 0.6) is 0 Å². The van der Waals surface area contributed by atoms with Crippen LogP contribution in [0, 0.1) is 6.92 Å². The minimum Gasteiger partial charge on any atom is -0.465 e. The highest BCUT2D eigenvalue weighted by Gasteiger charge is 2.31. The summed E-state index contributed by atoms with van der Waals surface area (Å²) >= 11 is 0. The van der Waals surface area contributed by atoms with Crippen molar-refractivity contribution in [1.82, 2.24) is 20.0 Å². The number of likely N-dealkylation sites (tertiary alicyclic amines) is 1. The molecule has 1 aliphatic heterocycles. The molecule has 2 aromatic rings. The topological polar surface area (TPSA) is 63.3 Å². The standard InChI is InChI=1S/C20H28N4O2/c1-3-24-18-9-7-15(21-13-16-8-6-14(2)26-16)12-17(18)19(22-24)20(25)23-10-4-5-11-23/h6,8,15,21H,3-5,7,9-13H2,1-2H3. The Morgan fingerprint density at radius 1 is 1.35 bits per heavy atom. The smallest absolute Gasteiger partial charge is 0.274 e. The van der Waals surface area contributed by atoms with Crippen molar-refractivity contribution < 1.29 is 9.21 Å². The summed E-state index contributed by atoms with van der Waals surface area (Å²) in [6.45, 7) is 7.34. The lowest BCUT2D eigenvalue weighted by molar-refractivity contribution is 0.0785. The van der Waals surface area contributed by atoms with Gasteiger partial charge in [-0.3, -0.25) is 9.48 Å². The average Bonchev–Trinajstić information content (AvgIpc) is 3.39.